The Bertz CT molecular complexity index is 1100. The molecule has 0 aliphatic carbocycles. The number of rotatable bonds is 4. The van der Waals surface area contributed by atoms with Crippen LogP contribution < -0.4 is 11.1 Å². The number of hydrogen-bond acceptors (Lipinski definition) is 9. The van der Waals surface area contributed by atoms with Crippen molar-refractivity contribution >= 4 is 34.5 Å². The Morgan fingerprint density at radius 3 is 2.72 bits per heavy atom. The van der Waals surface area contributed by atoms with Gasteiger partial charge in [-0.05, 0) is 18.2 Å². The van der Waals surface area contributed by atoms with Gasteiger partial charge in [0.15, 0.2) is 23.8 Å². The van der Waals surface area contributed by atoms with Crippen molar-refractivity contribution in [2.45, 2.75) is 24.5 Å². The van der Waals surface area contributed by atoms with Crippen LogP contribution in [0.4, 0.5) is 11.5 Å². The van der Waals surface area contributed by atoms with Crippen LogP contribution in [0, 0.1) is 0 Å². The van der Waals surface area contributed by atoms with Gasteiger partial charge >= 0.3 is 5.97 Å². The number of nitrogens with zero attached hydrogens (tertiary/aromatic N) is 4. The third kappa shape index (κ3) is 3.24. The molecular formula is C17H16N6O6. The Labute approximate surface area is 162 Å². The number of benzene rings is 1. The summed E-state index contributed by atoms with van der Waals surface area (Å²) < 4.78 is 6.93. The molecule has 6 N–H and O–H groups in total. The highest BCUT2D eigenvalue weighted by molar-refractivity contribution is 5.96. The van der Waals surface area contributed by atoms with Crippen LogP contribution >= 0.6 is 0 Å². The molecule has 150 valence electrons. The number of aliphatic hydroxyl groups is 2. The molecule has 1 aliphatic heterocycles. The van der Waals surface area contributed by atoms with E-state index in [4.69, 9.17) is 15.6 Å². The first kappa shape index (κ1) is 18.7. The Morgan fingerprint density at radius 1 is 1.17 bits per heavy atom. The molecule has 12 heteroatoms. The van der Waals surface area contributed by atoms with Gasteiger partial charge in [-0.2, -0.15) is 0 Å². The van der Waals surface area contributed by atoms with Crippen LogP contribution in [-0.4, -0.2) is 65.0 Å². The van der Waals surface area contributed by atoms with Crippen LogP contribution in [0.3, 0.4) is 0 Å². The molecule has 2 aromatic heterocycles. The molecular weight excluding hydrogens is 384 g/mol. The maximum atomic E-state index is 12.6. The fourth-order valence-corrected chi connectivity index (χ4v) is 3.11. The molecule has 4 rings (SSSR count). The lowest BCUT2D eigenvalue weighted by atomic mass is 10.1. The molecule has 1 amide bonds. The standard InChI is InChI=1S/C17H16N6O6/c18-13-9-14(20-5-19-13)23(6-21-9)16-11(25)10(24)12(29-16)15(26)22-8-3-1-2-7(4-8)17(27)28/h1-6,10-12,16,24-25H,(H,22,26)(H,27,28)(H2,18,19,20)/t10-,11+,12-,16+/m0/s1. The van der Waals surface area contributed by atoms with E-state index in [1.165, 1.54) is 41.5 Å². The van der Waals surface area contributed by atoms with Crippen LogP contribution in [0.25, 0.3) is 11.2 Å². The predicted octanol–water partition coefficient (Wildman–Crippen LogP) is -0.635. The molecule has 1 saturated heterocycles. The number of nitrogen functional groups attached to an aromatic ring is 1. The van der Waals surface area contributed by atoms with Crippen LogP contribution in [0.2, 0.25) is 0 Å². The molecule has 0 spiro atoms. The molecule has 0 radical (unpaired) electrons. The van der Waals surface area contributed by atoms with Gasteiger partial charge in [-0.1, -0.05) is 6.07 Å². The Morgan fingerprint density at radius 2 is 1.97 bits per heavy atom. The Balaban J connectivity index is 1.57. The zero-order chi connectivity index (χ0) is 20.7. The zero-order valence-electron chi connectivity index (χ0n) is 14.7. The monoisotopic (exact) mass is 400 g/mol. The SMILES string of the molecule is Nc1ncnc2c1ncn2[C@@H]1O[C@H](C(=O)Nc2cccc(C(=O)O)c2)[C@@H](O)[C@H]1O. The van der Waals surface area contributed by atoms with Gasteiger partial charge in [0.05, 0.1) is 11.9 Å². The number of carbonyl (C=O) groups excluding carboxylic acids is 1. The second-order valence-electron chi connectivity index (χ2n) is 6.39. The summed E-state index contributed by atoms with van der Waals surface area (Å²) in [5.74, 6) is -1.77. The van der Waals surface area contributed by atoms with Crippen molar-refractivity contribution in [2.24, 2.45) is 0 Å². The number of carboxylic acids is 1. The maximum absolute atomic E-state index is 12.6. The van der Waals surface area contributed by atoms with E-state index in [0.717, 1.165) is 0 Å². The van der Waals surface area contributed by atoms with Crippen molar-refractivity contribution in [3.8, 4) is 0 Å². The number of fused-ring (bicyclic) bond motifs is 1. The van der Waals surface area contributed by atoms with Gasteiger partial charge < -0.3 is 31.1 Å². The minimum atomic E-state index is -1.54. The molecule has 1 aromatic carbocycles. The van der Waals surface area contributed by atoms with E-state index in [1.54, 1.807) is 0 Å². The van der Waals surface area contributed by atoms with Crippen LogP contribution in [-0.2, 0) is 9.53 Å². The average molecular weight is 400 g/mol. The van der Waals surface area contributed by atoms with E-state index in [9.17, 15) is 19.8 Å². The summed E-state index contributed by atoms with van der Waals surface area (Å²) in [6, 6.07) is 5.59. The van der Waals surface area contributed by atoms with Gasteiger partial charge in [-0.3, -0.25) is 9.36 Å². The average Bonchev–Trinajstić information content (AvgIpc) is 3.25. The third-order valence-electron chi connectivity index (χ3n) is 4.53. The van der Waals surface area contributed by atoms with Crippen molar-refractivity contribution in [2.75, 3.05) is 11.1 Å². The van der Waals surface area contributed by atoms with Crippen LogP contribution in [0.5, 0.6) is 0 Å². The van der Waals surface area contributed by atoms with Crippen molar-refractivity contribution < 1.29 is 29.6 Å². The number of hydrogen-bond donors (Lipinski definition) is 5. The number of nitrogens with one attached hydrogen (secondary N) is 1. The van der Waals surface area contributed by atoms with E-state index >= 15 is 0 Å². The summed E-state index contributed by atoms with van der Waals surface area (Å²) in [5, 5.41) is 32.2. The van der Waals surface area contributed by atoms with E-state index in [-0.39, 0.29) is 28.2 Å². The minimum absolute atomic E-state index is 0.0178. The minimum Gasteiger partial charge on any atom is -0.478 e. The molecule has 1 aliphatic rings. The topological polar surface area (TPSA) is 186 Å². The number of anilines is 2. The largest absolute Gasteiger partial charge is 0.478 e. The molecule has 0 unspecified atom stereocenters. The van der Waals surface area contributed by atoms with E-state index in [1.807, 2.05) is 0 Å². The number of nitrogens with two attached hydrogens (primary N) is 1. The molecule has 3 heterocycles. The molecule has 1 fully saturated rings. The van der Waals surface area contributed by atoms with Crippen molar-refractivity contribution in [3.63, 3.8) is 0 Å². The lowest BCUT2D eigenvalue weighted by molar-refractivity contribution is -0.132. The number of imidazole rings is 1. The summed E-state index contributed by atoms with van der Waals surface area (Å²) in [5.41, 5.74) is 6.48. The second-order valence-corrected chi connectivity index (χ2v) is 6.39. The zero-order valence-corrected chi connectivity index (χ0v) is 14.7. The smallest absolute Gasteiger partial charge is 0.335 e. The Hall–Kier alpha value is -3.61. The fraction of sp³-hybridized carbons (Fsp3) is 0.235. The van der Waals surface area contributed by atoms with E-state index < -0.39 is 36.4 Å². The number of carboxylic acid groups (broad SMARTS) is 1. The van der Waals surface area contributed by atoms with Gasteiger partial charge in [0, 0.05) is 5.69 Å². The molecule has 0 bridgehead atoms. The normalized spacial score (nSPS) is 23.9. The van der Waals surface area contributed by atoms with Crippen molar-refractivity contribution in [3.05, 3.63) is 42.5 Å². The number of aromatic carboxylic acids is 1. The summed E-state index contributed by atoms with van der Waals surface area (Å²) in [4.78, 5) is 35.6. The number of carbonyl (C=O) groups is 2. The predicted molar refractivity (Wildman–Crippen MR) is 97.7 cm³/mol. The second kappa shape index (κ2) is 7.09. The number of amides is 1. The van der Waals surface area contributed by atoms with E-state index in [0.29, 0.717) is 0 Å². The fourth-order valence-electron chi connectivity index (χ4n) is 3.11. The number of aromatic nitrogens is 4. The molecule has 3 aromatic rings. The number of ether oxygens (including phenoxy) is 1. The first-order chi connectivity index (χ1) is 13.9. The highest BCUT2D eigenvalue weighted by Gasteiger charge is 2.47. The first-order valence-electron chi connectivity index (χ1n) is 8.45. The van der Waals surface area contributed by atoms with Crippen molar-refractivity contribution in [1.29, 1.82) is 0 Å². The van der Waals surface area contributed by atoms with Crippen LogP contribution in [0.1, 0.15) is 16.6 Å². The first-order valence-corrected chi connectivity index (χ1v) is 8.45. The molecule has 0 saturated carbocycles. The summed E-state index contributed by atoms with van der Waals surface area (Å²) >= 11 is 0. The quantitative estimate of drug-likeness (QED) is 0.377. The van der Waals surface area contributed by atoms with Crippen molar-refractivity contribution in [1.82, 2.24) is 19.5 Å². The summed E-state index contributed by atoms with van der Waals surface area (Å²) in [6.07, 6.45) is -3.03. The maximum Gasteiger partial charge on any atom is 0.335 e. The molecule has 12 nitrogen and oxygen atoms in total. The lowest BCUT2D eigenvalue weighted by Gasteiger charge is -2.16. The van der Waals surface area contributed by atoms with E-state index in [2.05, 4.69) is 20.3 Å². The van der Waals surface area contributed by atoms with Crippen LogP contribution in [0.15, 0.2) is 36.9 Å². The third-order valence-corrected chi connectivity index (χ3v) is 4.53. The van der Waals surface area contributed by atoms with Gasteiger partial charge in [0.2, 0.25) is 0 Å². The van der Waals surface area contributed by atoms with Gasteiger partial charge in [-0.25, -0.2) is 19.7 Å². The number of aliphatic hydroxyl groups excluding tert-OH is 2. The highest BCUT2D eigenvalue weighted by atomic mass is 16.6. The van der Waals surface area contributed by atoms with Gasteiger partial charge in [0.1, 0.15) is 24.1 Å². The lowest BCUT2D eigenvalue weighted by Crippen LogP contribution is -2.39. The summed E-state index contributed by atoms with van der Waals surface area (Å²) in [6.45, 7) is 0. The van der Waals surface area contributed by atoms with Gasteiger partial charge in [-0.15, -0.1) is 0 Å². The molecule has 29 heavy (non-hydrogen) atoms. The summed E-state index contributed by atoms with van der Waals surface area (Å²) in [7, 11) is 0. The highest BCUT2D eigenvalue weighted by Crippen LogP contribution is 2.32. The Kier molecular flexibility index (Phi) is 4.58. The molecule has 4 atom stereocenters. The van der Waals surface area contributed by atoms with Gasteiger partial charge in [0.25, 0.3) is 5.91 Å².